The zero-order valence-corrected chi connectivity index (χ0v) is 62.5. The number of carbonyl (C=O) groups excluding carboxylic acids is 3. The number of hydrogen-bond donors (Lipinski definition) is 3. The maximum atomic E-state index is 13.4. The fourth-order valence-corrected chi connectivity index (χ4v) is 12.1. The van der Waals surface area contributed by atoms with Crippen LogP contribution in [0.3, 0.4) is 0 Å². The number of rotatable bonds is 16. The van der Waals surface area contributed by atoms with E-state index >= 15 is 0 Å². The van der Waals surface area contributed by atoms with Crippen LogP contribution in [0.4, 0.5) is 5.82 Å². The molecule has 466 valence electrons. The summed E-state index contributed by atoms with van der Waals surface area (Å²) in [5, 5.41) is 28.6. The standard InChI is InChI=1S/C26H35N7O4S.C19H21ClN6O4S.C7H15N.CH2O3.ClH.2K.2H2S.H/c1-17-13-25(3,4)32(14-17)23-19(24(34)30-38(35,36)20-15-31(6)28-18(20)2)7-8-21(27-23)33-12-9-22(29-33)37-16-26(5)10-11-26;1-12-14(10-25(3)22-12)31(28,29)24-18(27)13-4-5-15(21-17(13)20)26-9-6-16(23-26)30-11-19(2)7-8-19;1-6-4-7(2,3)8-5-6;2-1-4-3;;;;;;/h7-9,12,15,17H,10-11,13-14,16H2,1-6H3,(H,30,34);4-6,9-10H,7-8,11H2,1-3H3,(H,24,27);6,8H,4-5H2,1-3H3;1,3H;1H;;;2*1H2;/q;;;;;2*+1;;;-1/p-1/t17-;;6-;;;;;;;/m0.0......./s1. The Morgan fingerprint density at radius 1 is 0.721 bits per heavy atom. The SMILES string of the molecule is C[C@@H]1CNC(C)(C)C1.Cc1nn(C)cc1S(=O)(=O)NC(=O)c1ccc(-n2ccc(OCC3(C)CC3)n2)nc1Cl.Cc1nn(C)cc1S(=O)(=O)NC(=O)c1ccc(-n2ccc(OCC3(C)CC3)n2)nc1N1C[C@@H](C)CC1(C)C.Cl.O=CO[O-].S.S.[H-].[K+].[K+]. The average Bonchev–Trinajstić information content (AvgIpc) is 3.89. The number of nitrogens with zero attached hydrogens (tertiary/aromatic N) is 11. The molecular weight excluding hydrogens is 1290 g/mol. The summed E-state index contributed by atoms with van der Waals surface area (Å²) in [5.74, 6) is 1.87. The fraction of sp³-hybridized carbons (Fsp3) is 0.528. The first-order valence-electron chi connectivity index (χ1n) is 26.3. The molecule has 4 aliphatic rings. The second-order valence-electron chi connectivity index (χ2n) is 23.3. The van der Waals surface area contributed by atoms with Gasteiger partial charge in [0.1, 0.15) is 20.8 Å². The molecule has 33 heteroatoms. The second kappa shape index (κ2) is 32.6. The Bertz CT molecular complexity index is 3510. The summed E-state index contributed by atoms with van der Waals surface area (Å²) >= 11 is 6.16. The fourth-order valence-electron chi connectivity index (χ4n) is 9.48. The Kier molecular flexibility index (Phi) is 30.1. The Hall–Kier alpha value is -2.68. The molecule has 8 heterocycles. The van der Waals surface area contributed by atoms with Gasteiger partial charge in [-0.15, -0.1) is 22.6 Å². The molecule has 0 unspecified atom stereocenters. The molecule has 6 aromatic rings. The van der Waals surface area contributed by atoms with Crippen LogP contribution in [0.2, 0.25) is 5.15 Å². The van der Waals surface area contributed by atoms with E-state index < -0.39 is 31.9 Å². The van der Waals surface area contributed by atoms with Gasteiger partial charge in [0.25, 0.3) is 38.3 Å². The predicted octanol–water partition coefficient (Wildman–Crippen LogP) is 0.0888. The number of nitrogens with one attached hydrogen (secondary N) is 3. The monoisotopic (exact) mass is 1360 g/mol. The van der Waals surface area contributed by atoms with Crippen molar-refractivity contribution in [3.05, 3.63) is 88.9 Å². The summed E-state index contributed by atoms with van der Waals surface area (Å²) in [6.07, 6.45) is 13.0. The normalized spacial score (nSPS) is 17.8. The number of pyridine rings is 2. The molecule has 0 bridgehead atoms. The van der Waals surface area contributed by atoms with Gasteiger partial charge in [-0.2, -0.15) is 37.2 Å². The van der Waals surface area contributed by atoms with E-state index in [9.17, 15) is 26.4 Å². The van der Waals surface area contributed by atoms with Gasteiger partial charge in [-0.25, -0.2) is 45.6 Å². The van der Waals surface area contributed by atoms with Crippen LogP contribution < -0.4 is 137 Å². The Morgan fingerprint density at radius 3 is 1.49 bits per heavy atom. The summed E-state index contributed by atoms with van der Waals surface area (Å²) in [6.45, 7) is 23.6. The minimum absolute atomic E-state index is 0. The molecule has 0 aromatic carbocycles. The maximum absolute atomic E-state index is 13.4. The van der Waals surface area contributed by atoms with Crippen molar-refractivity contribution < 1.29 is 155 Å². The minimum Gasteiger partial charge on any atom is -1.00 e. The molecule has 4 fully saturated rings. The first kappa shape index (κ1) is 79.4. The van der Waals surface area contributed by atoms with Crippen LogP contribution in [-0.4, -0.2) is 122 Å². The largest absolute Gasteiger partial charge is 1.00 e. The number of aryl methyl sites for hydroxylation is 4. The van der Waals surface area contributed by atoms with E-state index in [0.717, 1.165) is 38.0 Å². The van der Waals surface area contributed by atoms with Crippen LogP contribution >= 0.6 is 51.0 Å². The number of anilines is 1. The molecule has 86 heavy (non-hydrogen) atoms. The van der Waals surface area contributed by atoms with E-state index in [1.165, 1.54) is 58.5 Å². The van der Waals surface area contributed by atoms with Crippen LogP contribution in [0, 0.1) is 36.5 Å². The maximum Gasteiger partial charge on any atom is 1.00 e. The first-order chi connectivity index (χ1) is 37.8. The smallest absolute Gasteiger partial charge is 1.00 e. The Labute approximate surface area is 615 Å². The van der Waals surface area contributed by atoms with Crippen LogP contribution in [-0.2, 0) is 43.8 Å². The number of hydrogen-bond acceptors (Lipinski definition) is 19. The van der Waals surface area contributed by atoms with Gasteiger partial charge >= 0.3 is 103 Å². The van der Waals surface area contributed by atoms with Crippen LogP contribution in [0.5, 0.6) is 11.8 Å². The molecule has 2 aliphatic heterocycles. The zero-order valence-electron chi connectivity index (χ0n) is 52.1. The molecule has 0 spiro atoms. The molecule has 10 rings (SSSR count). The third kappa shape index (κ3) is 21.5. The summed E-state index contributed by atoms with van der Waals surface area (Å²) in [6, 6.07) is 9.67. The predicted molar refractivity (Wildman–Crippen MR) is 326 cm³/mol. The van der Waals surface area contributed by atoms with Gasteiger partial charge in [0, 0.05) is 79.5 Å². The molecule has 3 N–H and O–H groups in total. The van der Waals surface area contributed by atoms with Gasteiger partial charge < -0.3 is 31.3 Å². The number of aromatic nitrogens is 10. The summed E-state index contributed by atoms with van der Waals surface area (Å²) in [4.78, 5) is 48.1. The summed E-state index contributed by atoms with van der Waals surface area (Å²) in [7, 11) is -5.03. The molecule has 2 saturated heterocycles. The van der Waals surface area contributed by atoms with E-state index in [4.69, 9.17) is 36.1 Å². The molecular formula is C53H78Cl2K2N14O11S4. The van der Waals surface area contributed by atoms with E-state index in [-0.39, 0.29) is 198 Å². The average molecular weight is 1360 g/mol. The Morgan fingerprint density at radius 2 is 1.15 bits per heavy atom. The third-order valence-corrected chi connectivity index (χ3v) is 17.4. The van der Waals surface area contributed by atoms with Crippen molar-refractivity contribution in [1.29, 1.82) is 0 Å². The van der Waals surface area contributed by atoms with Crippen molar-refractivity contribution in [2.24, 2.45) is 36.8 Å². The van der Waals surface area contributed by atoms with Gasteiger partial charge in [0.2, 0.25) is 11.8 Å². The van der Waals surface area contributed by atoms with Crippen molar-refractivity contribution in [1.82, 2.24) is 63.9 Å². The van der Waals surface area contributed by atoms with Crippen molar-refractivity contribution in [2.75, 3.05) is 31.2 Å². The van der Waals surface area contributed by atoms with E-state index in [2.05, 4.69) is 101 Å². The molecule has 2 atom stereocenters. The third-order valence-electron chi connectivity index (χ3n) is 14.3. The van der Waals surface area contributed by atoms with Gasteiger partial charge in [-0.1, -0.05) is 39.3 Å². The molecule has 2 saturated carbocycles. The minimum atomic E-state index is -4.13. The van der Waals surface area contributed by atoms with Crippen molar-refractivity contribution in [3.63, 3.8) is 0 Å². The zero-order chi connectivity index (χ0) is 59.5. The van der Waals surface area contributed by atoms with Crippen LogP contribution in [0.1, 0.15) is 127 Å². The van der Waals surface area contributed by atoms with Gasteiger partial charge in [0.05, 0.1) is 35.7 Å². The molecule has 2 aliphatic carbocycles. The quantitative estimate of drug-likeness (QED) is 0.0380. The summed E-state index contributed by atoms with van der Waals surface area (Å²) in [5.41, 5.74) is 1.27. The van der Waals surface area contributed by atoms with Gasteiger partial charge in [-0.05, 0) is 123 Å². The van der Waals surface area contributed by atoms with Crippen molar-refractivity contribution in [2.45, 2.75) is 129 Å². The van der Waals surface area contributed by atoms with E-state index in [0.29, 0.717) is 66.1 Å². The van der Waals surface area contributed by atoms with Gasteiger partial charge in [0.15, 0.2) is 11.6 Å². The molecule has 6 aromatic heterocycles. The van der Waals surface area contributed by atoms with Crippen molar-refractivity contribution in [3.8, 4) is 23.4 Å². The topological polar surface area (TPSA) is 307 Å². The van der Waals surface area contributed by atoms with Crippen molar-refractivity contribution >= 4 is 95.2 Å². The van der Waals surface area contributed by atoms with Crippen LogP contribution in [0.15, 0.2) is 71.0 Å². The first-order valence-corrected chi connectivity index (χ1v) is 29.6. The van der Waals surface area contributed by atoms with E-state index in [1.54, 1.807) is 62.4 Å². The summed E-state index contributed by atoms with van der Waals surface area (Å²) < 4.78 is 72.7. The number of carbonyl (C=O) groups is 3. The number of ether oxygens (including phenoxy) is 2. The second-order valence-corrected chi connectivity index (χ2v) is 27.0. The molecule has 2 amide bonds. The Balaban J connectivity index is 0.000000697. The molecule has 0 radical (unpaired) electrons. The van der Waals surface area contributed by atoms with Gasteiger partial charge in [-0.3, -0.25) is 23.7 Å². The number of halogens is 2. The number of sulfonamides is 2. The van der Waals surface area contributed by atoms with Crippen LogP contribution in [0.25, 0.3) is 11.6 Å². The molecule has 25 nitrogen and oxygen atoms in total. The van der Waals surface area contributed by atoms with E-state index in [1.807, 2.05) is 4.72 Å². The number of amides is 2.